The van der Waals surface area contributed by atoms with Gasteiger partial charge in [-0.15, -0.1) is 0 Å². The van der Waals surface area contributed by atoms with Crippen molar-refractivity contribution in [1.29, 1.82) is 0 Å². The van der Waals surface area contributed by atoms with Crippen molar-refractivity contribution in [2.45, 2.75) is 13.0 Å². The highest BCUT2D eigenvalue weighted by Crippen LogP contribution is 2.24. The minimum atomic E-state index is -0.585. The summed E-state index contributed by atoms with van der Waals surface area (Å²) in [5.41, 5.74) is 1.87. The lowest BCUT2D eigenvalue weighted by atomic mass is 10.2. The number of aliphatic hydroxyl groups excluding tert-OH is 1. The molecule has 2 aromatic carbocycles. The van der Waals surface area contributed by atoms with Crippen molar-refractivity contribution in [3.8, 4) is 5.75 Å². The van der Waals surface area contributed by atoms with Gasteiger partial charge in [0.05, 0.1) is 5.69 Å². The molecule has 1 fully saturated rings. The van der Waals surface area contributed by atoms with Gasteiger partial charge in [0.2, 0.25) is 5.91 Å². The van der Waals surface area contributed by atoms with Crippen molar-refractivity contribution < 1.29 is 14.6 Å². The van der Waals surface area contributed by atoms with Gasteiger partial charge < -0.3 is 20.1 Å². The lowest BCUT2D eigenvalue weighted by molar-refractivity contribution is -0.114. The van der Waals surface area contributed by atoms with Gasteiger partial charge >= 0.3 is 0 Å². The molecule has 3 rings (SSSR count). The molecule has 1 unspecified atom stereocenters. The molecule has 6 heteroatoms. The number of nitrogens with zero attached hydrogens (tertiary/aromatic N) is 2. The van der Waals surface area contributed by atoms with Crippen LogP contribution in [0.25, 0.3) is 0 Å². The van der Waals surface area contributed by atoms with E-state index in [-0.39, 0.29) is 12.5 Å². The van der Waals surface area contributed by atoms with E-state index in [0.717, 1.165) is 26.2 Å². The minimum absolute atomic E-state index is 0.150. The maximum Gasteiger partial charge on any atom is 0.221 e. The number of rotatable bonds is 7. The molecule has 1 heterocycles. The Kier molecular flexibility index (Phi) is 6.68. The van der Waals surface area contributed by atoms with Gasteiger partial charge in [0.25, 0.3) is 0 Å². The molecule has 1 saturated heterocycles. The predicted octanol–water partition coefficient (Wildman–Crippen LogP) is 2.21. The van der Waals surface area contributed by atoms with Gasteiger partial charge in [-0.2, -0.15) is 0 Å². The number of nitrogens with one attached hydrogen (secondary N) is 1. The largest absolute Gasteiger partial charge is 0.489 e. The maximum atomic E-state index is 11.3. The summed E-state index contributed by atoms with van der Waals surface area (Å²) >= 11 is 0. The molecule has 2 N–H and O–H groups in total. The van der Waals surface area contributed by atoms with Gasteiger partial charge in [0, 0.05) is 45.3 Å². The SMILES string of the molecule is CC(=O)Nc1ccccc1OCC(O)CN1CCN(c2ccccc2)CC1. The Hall–Kier alpha value is -2.57. The summed E-state index contributed by atoms with van der Waals surface area (Å²) in [6.45, 7) is 5.94. The molecule has 27 heavy (non-hydrogen) atoms. The van der Waals surface area contributed by atoms with Crippen LogP contribution in [-0.2, 0) is 4.79 Å². The molecule has 1 aliphatic rings. The number of aliphatic hydroxyl groups is 1. The normalized spacial score (nSPS) is 16.0. The number of carbonyl (C=O) groups excluding carboxylic acids is 1. The summed E-state index contributed by atoms with van der Waals surface area (Å²) in [7, 11) is 0. The van der Waals surface area contributed by atoms with E-state index in [1.165, 1.54) is 12.6 Å². The molecule has 2 aromatic rings. The van der Waals surface area contributed by atoms with Gasteiger partial charge in [0.15, 0.2) is 0 Å². The quantitative estimate of drug-likeness (QED) is 0.783. The number of piperazine rings is 1. The first-order valence-corrected chi connectivity index (χ1v) is 9.31. The number of amides is 1. The molecule has 0 radical (unpaired) electrons. The number of carbonyl (C=O) groups is 1. The first kappa shape index (κ1) is 19.2. The third-order valence-electron chi connectivity index (χ3n) is 4.59. The zero-order valence-corrected chi connectivity index (χ0v) is 15.7. The minimum Gasteiger partial charge on any atom is -0.489 e. The Morgan fingerprint density at radius 3 is 2.44 bits per heavy atom. The third kappa shape index (κ3) is 5.70. The number of hydrogen-bond acceptors (Lipinski definition) is 5. The number of anilines is 2. The molecule has 0 aromatic heterocycles. The van der Waals surface area contributed by atoms with Gasteiger partial charge in [-0.1, -0.05) is 30.3 Å². The number of benzene rings is 2. The summed E-state index contributed by atoms with van der Waals surface area (Å²) < 4.78 is 5.73. The molecule has 0 spiro atoms. The van der Waals surface area contributed by atoms with Gasteiger partial charge in [-0.05, 0) is 24.3 Å². The molecule has 0 bridgehead atoms. The molecule has 6 nitrogen and oxygen atoms in total. The topological polar surface area (TPSA) is 65.0 Å². The zero-order chi connectivity index (χ0) is 19.1. The lowest BCUT2D eigenvalue weighted by Gasteiger charge is -2.36. The molecule has 1 aliphatic heterocycles. The Bertz CT molecular complexity index is 730. The summed E-state index contributed by atoms with van der Waals surface area (Å²) in [5, 5.41) is 13.1. The van der Waals surface area contributed by atoms with Crippen molar-refractivity contribution in [1.82, 2.24) is 4.90 Å². The van der Waals surface area contributed by atoms with Crippen LogP contribution < -0.4 is 15.0 Å². The summed E-state index contributed by atoms with van der Waals surface area (Å²) in [4.78, 5) is 15.9. The highest BCUT2D eigenvalue weighted by Gasteiger charge is 2.20. The van der Waals surface area contributed by atoms with Gasteiger partial charge in [-0.25, -0.2) is 0 Å². The van der Waals surface area contributed by atoms with E-state index in [0.29, 0.717) is 18.0 Å². The van der Waals surface area contributed by atoms with E-state index in [4.69, 9.17) is 4.74 Å². The van der Waals surface area contributed by atoms with Crippen LogP contribution in [0.4, 0.5) is 11.4 Å². The van der Waals surface area contributed by atoms with Crippen molar-refractivity contribution in [3.63, 3.8) is 0 Å². The smallest absolute Gasteiger partial charge is 0.221 e. The van der Waals surface area contributed by atoms with E-state index < -0.39 is 6.10 Å². The lowest BCUT2D eigenvalue weighted by Crippen LogP contribution is -2.49. The van der Waals surface area contributed by atoms with Gasteiger partial charge in [-0.3, -0.25) is 9.69 Å². The fourth-order valence-corrected chi connectivity index (χ4v) is 3.25. The molecule has 1 atom stereocenters. The average molecular weight is 369 g/mol. The summed E-state index contributed by atoms with van der Waals surface area (Å²) in [6.07, 6.45) is -0.585. The molecule has 1 amide bonds. The van der Waals surface area contributed by atoms with Crippen LogP contribution in [0.3, 0.4) is 0 Å². The summed E-state index contributed by atoms with van der Waals surface area (Å²) in [6, 6.07) is 17.7. The predicted molar refractivity (Wildman–Crippen MR) is 107 cm³/mol. The van der Waals surface area contributed by atoms with Crippen LogP contribution in [0.5, 0.6) is 5.75 Å². The second-order valence-corrected chi connectivity index (χ2v) is 6.77. The highest BCUT2D eigenvalue weighted by molar-refractivity contribution is 5.90. The van der Waals surface area contributed by atoms with E-state index in [9.17, 15) is 9.90 Å². The van der Waals surface area contributed by atoms with Crippen LogP contribution in [0.2, 0.25) is 0 Å². The van der Waals surface area contributed by atoms with Crippen molar-refractivity contribution in [2.24, 2.45) is 0 Å². The second-order valence-electron chi connectivity index (χ2n) is 6.77. The van der Waals surface area contributed by atoms with Crippen LogP contribution in [0.15, 0.2) is 54.6 Å². The molecular weight excluding hydrogens is 342 g/mol. The van der Waals surface area contributed by atoms with Gasteiger partial charge in [0.1, 0.15) is 18.5 Å². The number of para-hydroxylation sites is 3. The Morgan fingerprint density at radius 1 is 1.07 bits per heavy atom. The van der Waals surface area contributed by atoms with Crippen LogP contribution in [-0.4, -0.2) is 61.3 Å². The van der Waals surface area contributed by atoms with Crippen LogP contribution in [0, 0.1) is 0 Å². The van der Waals surface area contributed by atoms with Crippen molar-refractivity contribution >= 4 is 17.3 Å². The van der Waals surface area contributed by atoms with Crippen molar-refractivity contribution in [2.75, 3.05) is 49.5 Å². The van der Waals surface area contributed by atoms with Crippen molar-refractivity contribution in [3.05, 3.63) is 54.6 Å². The van der Waals surface area contributed by atoms with E-state index in [1.807, 2.05) is 18.2 Å². The maximum absolute atomic E-state index is 11.3. The van der Waals surface area contributed by atoms with Crippen LogP contribution in [0.1, 0.15) is 6.92 Å². The van der Waals surface area contributed by atoms with E-state index >= 15 is 0 Å². The Labute approximate surface area is 160 Å². The number of β-amino-alcohol motifs (C(OH)–C–C–N with tert-alkyl or cyclic N) is 1. The molecule has 0 aliphatic carbocycles. The number of ether oxygens (including phenoxy) is 1. The highest BCUT2D eigenvalue weighted by atomic mass is 16.5. The zero-order valence-electron chi connectivity index (χ0n) is 15.7. The fraction of sp³-hybridized carbons (Fsp3) is 0.381. The monoisotopic (exact) mass is 369 g/mol. The molecular formula is C21H27N3O3. The summed E-state index contributed by atoms with van der Waals surface area (Å²) in [5.74, 6) is 0.420. The van der Waals surface area contributed by atoms with E-state index in [2.05, 4.69) is 39.4 Å². The third-order valence-corrected chi connectivity index (χ3v) is 4.59. The first-order chi connectivity index (χ1) is 13.1. The fourth-order valence-electron chi connectivity index (χ4n) is 3.25. The first-order valence-electron chi connectivity index (χ1n) is 9.31. The average Bonchev–Trinajstić information content (AvgIpc) is 2.68. The standard InChI is InChI=1S/C21H27N3O3/c1-17(25)22-20-9-5-6-10-21(20)27-16-19(26)15-23-11-13-24(14-12-23)18-7-3-2-4-8-18/h2-10,19,26H,11-16H2,1H3,(H,22,25). The Morgan fingerprint density at radius 2 is 1.74 bits per heavy atom. The molecule has 144 valence electrons. The Balaban J connectivity index is 1.44. The van der Waals surface area contributed by atoms with Crippen LogP contribution >= 0.6 is 0 Å². The second kappa shape index (κ2) is 9.39. The molecule has 0 saturated carbocycles. The number of hydrogen-bond donors (Lipinski definition) is 2. The van der Waals surface area contributed by atoms with E-state index in [1.54, 1.807) is 12.1 Å².